The van der Waals surface area contributed by atoms with Gasteiger partial charge in [-0.1, -0.05) is 36.4 Å². The lowest BCUT2D eigenvalue weighted by Gasteiger charge is -2.40. The van der Waals surface area contributed by atoms with Gasteiger partial charge in [0, 0.05) is 12.6 Å². The van der Waals surface area contributed by atoms with Crippen LogP contribution in [0.25, 0.3) is 0 Å². The lowest BCUT2D eigenvalue weighted by Crippen LogP contribution is -2.41. The van der Waals surface area contributed by atoms with Crippen LogP contribution >= 0.6 is 11.3 Å². The molecule has 0 radical (unpaired) electrons. The van der Waals surface area contributed by atoms with Crippen molar-refractivity contribution in [2.24, 2.45) is 0 Å². The first-order valence-corrected chi connectivity index (χ1v) is 13.5. The normalized spacial score (nSPS) is 16.2. The van der Waals surface area contributed by atoms with E-state index in [0.717, 1.165) is 29.5 Å². The van der Waals surface area contributed by atoms with E-state index in [0.29, 0.717) is 29.9 Å². The molecule has 3 aromatic rings. The standard InChI is InChI=1S/C30H32N2O3S/c1-2-3-4-13-29(33)35-27-12-8-7-11-26(27)34-22-24-20-31-28(36-24)21-32-18-16-30(17-19-32)15-14-23-9-5-6-10-25(23)30/h5-12,20H,4,13-19,21-22H2,1H3. The van der Waals surface area contributed by atoms with Gasteiger partial charge in [0.1, 0.15) is 11.6 Å². The van der Waals surface area contributed by atoms with Gasteiger partial charge in [0.2, 0.25) is 0 Å². The van der Waals surface area contributed by atoms with Crippen LogP contribution in [-0.4, -0.2) is 28.9 Å². The lowest BCUT2D eigenvalue weighted by molar-refractivity contribution is -0.134. The summed E-state index contributed by atoms with van der Waals surface area (Å²) in [6, 6.07) is 16.3. The highest BCUT2D eigenvalue weighted by Crippen LogP contribution is 2.46. The minimum atomic E-state index is -0.307. The van der Waals surface area contributed by atoms with E-state index in [2.05, 4.69) is 46.0 Å². The number of hydrogen-bond donors (Lipinski definition) is 0. The smallest absolute Gasteiger partial charge is 0.312 e. The highest BCUT2D eigenvalue weighted by atomic mass is 32.1. The van der Waals surface area contributed by atoms with Gasteiger partial charge in [-0.3, -0.25) is 9.69 Å². The number of piperidine rings is 1. The molecule has 36 heavy (non-hydrogen) atoms. The Bertz CT molecular complexity index is 1260. The van der Waals surface area contributed by atoms with Crippen molar-refractivity contribution in [1.82, 2.24) is 9.88 Å². The number of aromatic nitrogens is 1. The first kappa shape index (κ1) is 24.5. The van der Waals surface area contributed by atoms with Crippen LogP contribution in [0.2, 0.25) is 0 Å². The molecule has 1 aliphatic carbocycles. The van der Waals surface area contributed by atoms with Crippen LogP contribution in [0.15, 0.2) is 54.7 Å². The van der Waals surface area contributed by atoms with Crippen LogP contribution in [0.1, 0.15) is 60.0 Å². The van der Waals surface area contributed by atoms with E-state index in [-0.39, 0.29) is 12.4 Å². The number of benzene rings is 2. The topological polar surface area (TPSA) is 51.7 Å². The van der Waals surface area contributed by atoms with Crippen molar-refractivity contribution in [3.63, 3.8) is 0 Å². The maximum atomic E-state index is 12.1. The summed E-state index contributed by atoms with van der Waals surface area (Å²) in [6.07, 6.45) is 7.63. The van der Waals surface area contributed by atoms with Crippen molar-refractivity contribution in [2.75, 3.05) is 13.1 Å². The molecule has 0 saturated carbocycles. The van der Waals surface area contributed by atoms with Crippen LogP contribution < -0.4 is 9.47 Å². The minimum Gasteiger partial charge on any atom is -0.484 e. The number of thiazole rings is 1. The molecular formula is C30H32N2O3S. The van der Waals surface area contributed by atoms with Crippen molar-refractivity contribution in [3.05, 3.63) is 75.7 Å². The Balaban J connectivity index is 1.12. The highest BCUT2D eigenvalue weighted by molar-refractivity contribution is 7.11. The number of fused-ring (bicyclic) bond motifs is 2. The second kappa shape index (κ2) is 11.3. The van der Waals surface area contributed by atoms with Crippen molar-refractivity contribution in [2.45, 2.75) is 64.0 Å². The fraction of sp³-hybridized carbons (Fsp3) is 0.400. The van der Waals surface area contributed by atoms with Crippen LogP contribution in [0.5, 0.6) is 11.5 Å². The number of carbonyl (C=O) groups is 1. The first-order valence-electron chi connectivity index (χ1n) is 12.7. The van der Waals surface area contributed by atoms with E-state index in [1.165, 1.54) is 25.7 Å². The first-order chi connectivity index (χ1) is 17.6. The van der Waals surface area contributed by atoms with Crippen molar-refractivity contribution in [1.29, 1.82) is 0 Å². The fourth-order valence-electron chi connectivity index (χ4n) is 5.37. The molecule has 2 heterocycles. The largest absolute Gasteiger partial charge is 0.484 e. The predicted molar refractivity (Wildman–Crippen MR) is 142 cm³/mol. The van der Waals surface area contributed by atoms with Crippen LogP contribution in [-0.2, 0) is 29.8 Å². The molecule has 5 nitrogen and oxygen atoms in total. The molecule has 0 bridgehead atoms. The van der Waals surface area contributed by atoms with Gasteiger partial charge in [0.05, 0.1) is 17.8 Å². The van der Waals surface area contributed by atoms with Gasteiger partial charge >= 0.3 is 5.97 Å². The van der Waals surface area contributed by atoms with E-state index in [1.54, 1.807) is 35.5 Å². The number of ether oxygens (including phenoxy) is 2. The van der Waals surface area contributed by atoms with Gasteiger partial charge in [-0.25, -0.2) is 4.98 Å². The maximum absolute atomic E-state index is 12.1. The zero-order valence-corrected chi connectivity index (χ0v) is 21.6. The summed E-state index contributed by atoms with van der Waals surface area (Å²) >= 11 is 1.69. The van der Waals surface area contributed by atoms with Crippen LogP contribution in [0.3, 0.4) is 0 Å². The second-order valence-electron chi connectivity index (χ2n) is 9.57. The number of rotatable bonds is 8. The number of para-hydroxylation sites is 2. The SMILES string of the molecule is CC#CCCC(=O)Oc1ccccc1OCc1cnc(CN2CCC3(CCc4ccccc43)CC2)s1. The van der Waals surface area contributed by atoms with E-state index >= 15 is 0 Å². The number of likely N-dealkylation sites (tertiary alicyclic amines) is 1. The number of carbonyl (C=O) groups excluding carboxylic acids is 1. The summed E-state index contributed by atoms with van der Waals surface area (Å²) < 4.78 is 11.5. The Labute approximate surface area is 217 Å². The second-order valence-corrected chi connectivity index (χ2v) is 10.8. The van der Waals surface area contributed by atoms with Crippen molar-refractivity contribution >= 4 is 17.3 Å². The molecule has 1 saturated heterocycles. The number of esters is 1. The van der Waals surface area contributed by atoms with E-state index in [9.17, 15) is 4.79 Å². The van der Waals surface area contributed by atoms with Crippen molar-refractivity contribution < 1.29 is 14.3 Å². The molecule has 2 aliphatic rings. The van der Waals surface area contributed by atoms with Gasteiger partial charge in [0.15, 0.2) is 11.5 Å². The molecule has 1 aliphatic heterocycles. The summed E-state index contributed by atoms with van der Waals surface area (Å²) in [5.74, 6) is 6.36. The lowest BCUT2D eigenvalue weighted by atomic mass is 9.74. The molecule has 6 heteroatoms. The summed E-state index contributed by atoms with van der Waals surface area (Å²) in [4.78, 5) is 20.3. The molecule has 0 N–H and O–H groups in total. The Morgan fingerprint density at radius 3 is 2.69 bits per heavy atom. The monoisotopic (exact) mass is 500 g/mol. The summed E-state index contributed by atoms with van der Waals surface area (Å²) in [7, 11) is 0. The molecule has 1 fully saturated rings. The number of nitrogens with zero attached hydrogens (tertiary/aromatic N) is 2. The average Bonchev–Trinajstić information content (AvgIpc) is 3.50. The van der Waals surface area contributed by atoms with Crippen LogP contribution in [0, 0.1) is 11.8 Å². The Morgan fingerprint density at radius 2 is 1.86 bits per heavy atom. The molecule has 186 valence electrons. The van der Waals surface area contributed by atoms with E-state index < -0.39 is 0 Å². The summed E-state index contributed by atoms with van der Waals surface area (Å²) in [5, 5.41) is 1.12. The zero-order valence-electron chi connectivity index (χ0n) is 20.8. The Morgan fingerprint density at radius 1 is 1.08 bits per heavy atom. The van der Waals surface area contributed by atoms with E-state index in [4.69, 9.17) is 9.47 Å². The quantitative estimate of drug-likeness (QED) is 0.219. The van der Waals surface area contributed by atoms with Crippen molar-refractivity contribution in [3.8, 4) is 23.3 Å². The van der Waals surface area contributed by atoms with Gasteiger partial charge in [0.25, 0.3) is 0 Å². The highest BCUT2D eigenvalue weighted by Gasteiger charge is 2.40. The maximum Gasteiger partial charge on any atom is 0.312 e. The summed E-state index contributed by atoms with van der Waals surface area (Å²) in [5.41, 5.74) is 3.53. The van der Waals surface area contributed by atoms with Gasteiger partial charge in [-0.05, 0) is 74.4 Å². The predicted octanol–water partition coefficient (Wildman–Crippen LogP) is 5.91. The molecule has 1 aromatic heterocycles. The molecular weight excluding hydrogens is 468 g/mol. The molecule has 5 rings (SSSR count). The zero-order chi connectivity index (χ0) is 24.8. The van der Waals surface area contributed by atoms with Crippen LogP contribution in [0.4, 0.5) is 0 Å². The number of aryl methyl sites for hydroxylation is 1. The Hall–Kier alpha value is -3.14. The molecule has 1 spiro atoms. The molecule has 0 atom stereocenters. The summed E-state index contributed by atoms with van der Waals surface area (Å²) in [6.45, 7) is 5.27. The average molecular weight is 501 g/mol. The number of hydrogen-bond acceptors (Lipinski definition) is 6. The molecule has 0 amide bonds. The minimum absolute atomic E-state index is 0.261. The van der Waals surface area contributed by atoms with Gasteiger partial charge in [-0.15, -0.1) is 23.2 Å². The van der Waals surface area contributed by atoms with Gasteiger partial charge < -0.3 is 9.47 Å². The Kier molecular flexibility index (Phi) is 7.69. The van der Waals surface area contributed by atoms with E-state index in [1.807, 2.05) is 24.4 Å². The molecule has 0 unspecified atom stereocenters. The fourth-order valence-corrected chi connectivity index (χ4v) is 6.25. The molecule has 2 aromatic carbocycles. The third-order valence-electron chi connectivity index (χ3n) is 7.31. The van der Waals surface area contributed by atoms with Gasteiger partial charge in [-0.2, -0.15) is 0 Å². The third-order valence-corrected chi connectivity index (χ3v) is 8.26. The third kappa shape index (κ3) is 5.64.